The number of fused-ring (bicyclic) bond motifs is 3. The molecular weight excluding hydrogens is 532 g/mol. The van der Waals surface area contributed by atoms with Gasteiger partial charge in [-0.3, -0.25) is 9.69 Å². The zero-order valence-electron chi connectivity index (χ0n) is 21.4. The molecule has 9 nitrogen and oxygen atoms in total. The number of alkyl halides is 3. The average molecular weight is 555 g/mol. The highest BCUT2D eigenvalue weighted by atomic mass is 19.4. The summed E-state index contributed by atoms with van der Waals surface area (Å²) >= 11 is 0. The molecule has 3 aromatic heterocycles. The third-order valence-corrected chi connectivity index (χ3v) is 8.03. The van der Waals surface area contributed by atoms with Crippen molar-refractivity contribution in [1.29, 1.82) is 0 Å². The van der Waals surface area contributed by atoms with Crippen molar-refractivity contribution in [3.05, 3.63) is 59.3 Å². The standard InChI is InChI=1S/C27H22F4N6O3/c1-39-23-17(11-33-25(34-23)40-2)19-10-16(22-32-7-8-37(22)35-19)15-9-14(15)13-3-4-18-21(20(13)28)36(12-27(29,30)31)24(38)26(18)5-6-26/h3-4,7-8,10-11,14-15H,5-6,9,12H2,1-2H3/t14-,15+/m1/s1. The van der Waals surface area contributed by atoms with Crippen LogP contribution in [0.4, 0.5) is 23.2 Å². The lowest BCUT2D eigenvalue weighted by molar-refractivity contribution is -0.133. The number of imidazole rings is 1. The van der Waals surface area contributed by atoms with Crippen molar-refractivity contribution in [1.82, 2.24) is 24.6 Å². The maximum atomic E-state index is 16.1. The van der Waals surface area contributed by atoms with Crippen molar-refractivity contribution >= 4 is 17.2 Å². The minimum absolute atomic E-state index is 0.130. The Bertz CT molecular complexity index is 1700. The number of benzene rings is 1. The molecule has 0 N–H and O–H groups in total. The van der Waals surface area contributed by atoms with Gasteiger partial charge in [0.2, 0.25) is 11.8 Å². The Labute approximate surface area is 224 Å². The summed E-state index contributed by atoms with van der Waals surface area (Å²) in [6.07, 6.45) is 1.56. The van der Waals surface area contributed by atoms with Gasteiger partial charge in [0, 0.05) is 24.2 Å². The molecule has 2 saturated carbocycles. The third-order valence-electron chi connectivity index (χ3n) is 8.03. The van der Waals surface area contributed by atoms with Gasteiger partial charge in [-0.1, -0.05) is 12.1 Å². The Morgan fingerprint density at radius 3 is 2.58 bits per heavy atom. The fourth-order valence-corrected chi connectivity index (χ4v) is 5.94. The van der Waals surface area contributed by atoms with Crippen LogP contribution in [0.3, 0.4) is 0 Å². The number of carbonyl (C=O) groups is 1. The predicted octanol–water partition coefficient (Wildman–Crippen LogP) is 4.55. The summed E-state index contributed by atoms with van der Waals surface area (Å²) in [4.78, 5) is 26.4. The molecule has 2 atom stereocenters. The number of amides is 1. The second-order valence-electron chi connectivity index (χ2n) is 10.4. The number of nitrogens with zero attached hydrogens (tertiary/aromatic N) is 6. The van der Waals surface area contributed by atoms with E-state index in [1.807, 2.05) is 6.07 Å². The molecule has 3 aliphatic rings. The lowest BCUT2D eigenvalue weighted by Gasteiger charge is -2.21. The molecule has 0 saturated heterocycles. The van der Waals surface area contributed by atoms with Crippen LogP contribution in [0, 0.1) is 5.82 Å². The number of halogens is 4. The van der Waals surface area contributed by atoms with Crippen LogP contribution in [0.15, 0.2) is 36.8 Å². The topological polar surface area (TPSA) is 94.7 Å². The van der Waals surface area contributed by atoms with Crippen LogP contribution in [0.25, 0.3) is 16.9 Å². The van der Waals surface area contributed by atoms with Gasteiger partial charge in [0.25, 0.3) is 0 Å². The molecule has 7 rings (SSSR count). The van der Waals surface area contributed by atoms with E-state index in [2.05, 4.69) is 20.1 Å². The van der Waals surface area contributed by atoms with E-state index in [-0.39, 0.29) is 35.0 Å². The minimum Gasteiger partial charge on any atom is -0.480 e. The first kappa shape index (κ1) is 24.7. The normalized spacial score (nSPS) is 20.8. The second kappa shape index (κ2) is 8.35. The summed E-state index contributed by atoms with van der Waals surface area (Å²) in [7, 11) is 2.91. The van der Waals surface area contributed by atoms with Gasteiger partial charge in [0.05, 0.1) is 36.6 Å². The van der Waals surface area contributed by atoms with E-state index in [4.69, 9.17) is 9.47 Å². The van der Waals surface area contributed by atoms with Gasteiger partial charge in [0.1, 0.15) is 6.54 Å². The molecule has 4 aromatic rings. The van der Waals surface area contributed by atoms with E-state index in [1.165, 1.54) is 20.4 Å². The maximum absolute atomic E-state index is 16.1. The SMILES string of the molecule is COc1ncc(-c2cc([C@H]3C[C@@H]3c3ccc4c(c3F)N(CC(F)(F)F)C(=O)C43CC3)c3nccn3n2)c(OC)n1. The van der Waals surface area contributed by atoms with E-state index in [0.717, 1.165) is 5.56 Å². The Kier molecular flexibility index (Phi) is 5.17. The molecule has 2 aliphatic carbocycles. The van der Waals surface area contributed by atoms with Gasteiger partial charge in [-0.05, 0) is 48.3 Å². The highest BCUT2D eigenvalue weighted by molar-refractivity contribution is 6.10. The van der Waals surface area contributed by atoms with Crippen LogP contribution < -0.4 is 14.4 Å². The number of ether oxygens (including phenoxy) is 2. The van der Waals surface area contributed by atoms with Gasteiger partial charge >= 0.3 is 12.2 Å². The molecule has 1 aliphatic heterocycles. The monoisotopic (exact) mass is 554 g/mol. The third kappa shape index (κ3) is 3.63. The molecular formula is C27H22F4N6O3. The maximum Gasteiger partial charge on any atom is 0.406 e. The highest BCUT2D eigenvalue weighted by Gasteiger charge is 2.61. The predicted molar refractivity (Wildman–Crippen MR) is 133 cm³/mol. The molecule has 40 heavy (non-hydrogen) atoms. The van der Waals surface area contributed by atoms with Gasteiger partial charge in [-0.25, -0.2) is 18.9 Å². The van der Waals surface area contributed by atoms with Crippen LogP contribution in [-0.2, 0) is 10.2 Å². The number of hydrogen-bond donors (Lipinski definition) is 0. The summed E-state index contributed by atoms with van der Waals surface area (Å²) < 4.78 is 68.3. The van der Waals surface area contributed by atoms with E-state index < -0.39 is 29.9 Å². The number of hydrogen-bond acceptors (Lipinski definition) is 7. The fourth-order valence-electron chi connectivity index (χ4n) is 5.94. The smallest absolute Gasteiger partial charge is 0.406 e. The Morgan fingerprint density at radius 2 is 1.88 bits per heavy atom. The van der Waals surface area contributed by atoms with Crippen molar-refractivity contribution in [3.63, 3.8) is 0 Å². The summed E-state index contributed by atoms with van der Waals surface area (Å²) in [5, 5.41) is 4.61. The molecule has 0 radical (unpaired) electrons. The molecule has 1 aromatic carbocycles. The molecule has 4 heterocycles. The fraction of sp³-hybridized carbons (Fsp3) is 0.370. The zero-order chi connectivity index (χ0) is 28.0. The molecule has 2 fully saturated rings. The van der Waals surface area contributed by atoms with Crippen LogP contribution in [0.1, 0.15) is 47.8 Å². The van der Waals surface area contributed by atoms with Crippen molar-refractivity contribution in [2.75, 3.05) is 25.7 Å². The van der Waals surface area contributed by atoms with E-state index in [0.29, 0.717) is 46.6 Å². The lowest BCUT2D eigenvalue weighted by atomic mass is 9.94. The number of anilines is 1. The summed E-state index contributed by atoms with van der Waals surface area (Å²) in [5.41, 5.74) is 1.77. The van der Waals surface area contributed by atoms with E-state index in [1.54, 1.807) is 29.0 Å². The molecule has 0 unspecified atom stereocenters. The Hall–Kier alpha value is -4.29. The van der Waals surface area contributed by atoms with E-state index in [9.17, 15) is 18.0 Å². The van der Waals surface area contributed by atoms with Crippen molar-refractivity contribution in [2.45, 2.75) is 42.7 Å². The van der Waals surface area contributed by atoms with Crippen molar-refractivity contribution in [3.8, 4) is 23.1 Å². The van der Waals surface area contributed by atoms with Gasteiger partial charge < -0.3 is 9.47 Å². The first-order valence-corrected chi connectivity index (χ1v) is 12.7. The van der Waals surface area contributed by atoms with E-state index >= 15 is 4.39 Å². The van der Waals surface area contributed by atoms with Crippen molar-refractivity contribution in [2.24, 2.45) is 0 Å². The second-order valence-corrected chi connectivity index (χ2v) is 10.4. The Balaban J connectivity index is 1.28. The molecule has 13 heteroatoms. The van der Waals surface area contributed by atoms with Crippen LogP contribution in [-0.4, -0.2) is 57.4 Å². The highest BCUT2D eigenvalue weighted by Crippen LogP contribution is 2.62. The van der Waals surface area contributed by atoms with Gasteiger partial charge in [-0.15, -0.1) is 0 Å². The summed E-state index contributed by atoms with van der Waals surface area (Å²) in [6.45, 7) is -1.51. The van der Waals surface area contributed by atoms with Crippen LogP contribution >= 0.6 is 0 Å². The molecule has 0 bridgehead atoms. The van der Waals surface area contributed by atoms with Crippen LogP contribution in [0.5, 0.6) is 11.9 Å². The number of rotatable bonds is 6. The van der Waals surface area contributed by atoms with Crippen molar-refractivity contribution < 1.29 is 31.8 Å². The lowest BCUT2D eigenvalue weighted by Crippen LogP contribution is -2.39. The summed E-state index contributed by atoms with van der Waals surface area (Å²) in [6, 6.07) is 5.21. The Morgan fingerprint density at radius 1 is 1.10 bits per heavy atom. The first-order chi connectivity index (χ1) is 19.1. The molecule has 1 spiro atoms. The largest absolute Gasteiger partial charge is 0.480 e. The van der Waals surface area contributed by atoms with Gasteiger partial charge in [-0.2, -0.15) is 23.3 Å². The molecule has 1 amide bonds. The number of carbonyl (C=O) groups excluding carboxylic acids is 1. The number of aromatic nitrogens is 5. The zero-order valence-corrected chi connectivity index (χ0v) is 21.4. The van der Waals surface area contributed by atoms with Gasteiger partial charge in [0.15, 0.2) is 11.5 Å². The quantitative estimate of drug-likeness (QED) is 0.323. The minimum atomic E-state index is -4.65. The average Bonchev–Trinajstić information content (AvgIpc) is 3.84. The molecule has 206 valence electrons. The first-order valence-electron chi connectivity index (χ1n) is 12.7. The van der Waals surface area contributed by atoms with Crippen LogP contribution in [0.2, 0.25) is 0 Å². The summed E-state index contributed by atoms with van der Waals surface area (Å²) in [5.74, 6) is -1.66. The number of methoxy groups -OCH3 is 2.